The number of nitrogens with two attached hydrogens (primary N) is 1. The molecule has 0 radical (unpaired) electrons. The van der Waals surface area contributed by atoms with Gasteiger partial charge < -0.3 is 10.5 Å². The number of halogens is 1. The largest absolute Gasteiger partial charge is 0.466 e. The van der Waals surface area contributed by atoms with Crippen molar-refractivity contribution in [3.63, 3.8) is 0 Å². The van der Waals surface area contributed by atoms with E-state index < -0.39 is 11.8 Å². The van der Waals surface area contributed by atoms with E-state index in [1.807, 2.05) is 0 Å². The lowest BCUT2D eigenvalue weighted by Gasteiger charge is -2.08. The van der Waals surface area contributed by atoms with Crippen LogP contribution in [-0.4, -0.2) is 12.6 Å². The third-order valence-electron chi connectivity index (χ3n) is 2.27. The highest BCUT2D eigenvalue weighted by Crippen LogP contribution is 2.16. The van der Waals surface area contributed by atoms with E-state index in [1.165, 1.54) is 6.07 Å². The van der Waals surface area contributed by atoms with Crippen LogP contribution in [0, 0.1) is 17.1 Å². The maximum atomic E-state index is 13.4. The Morgan fingerprint density at radius 1 is 1.53 bits per heavy atom. The summed E-state index contributed by atoms with van der Waals surface area (Å²) in [6, 6.07) is 4.26. The average molecular weight is 236 g/mol. The van der Waals surface area contributed by atoms with Gasteiger partial charge in [-0.2, -0.15) is 5.26 Å². The van der Waals surface area contributed by atoms with Crippen LogP contribution in [0.5, 0.6) is 0 Å². The van der Waals surface area contributed by atoms with E-state index in [0.717, 1.165) is 6.07 Å². The first-order chi connectivity index (χ1) is 8.12. The fourth-order valence-electron chi connectivity index (χ4n) is 1.47. The Bertz CT molecular complexity index is 466. The van der Waals surface area contributed by atoms with Crippen LogP contribution in [-0.2, 0) is 22.5 Å². The van der Waals surface area contributed by atoms with Gasteiger partial charge in [0.1, 0.15) is 11.9 Å². The lowest BCUT2D eigenvalue weighted by atomic mass is 10.0. The lowest BCUT2D eigenvalue weighted by Crippen LogP contribution is -2.11. The van der Waals surface area contributed by atoms with Gasteiger partial charge in [0, 0.05) is 6.54 Å². The van der Waals surface area contributed by atoms with Crippen LogP contribution in [0.25, 0.3) is 0 Å². The van der Waals surface area contributed by atoms with E-state index in [9.17, 15) is 9.18 Å². The van der Waals surface area contributed by atoms with Crippen LogP contribution < -0.4 is 5.73 Å². The maximum absolute atomic E-state index is 13.4. The molecule has 1 aromatic rings. The molecule has 5 heteroatoms. The minimum Gasteiger partial charge on any atom is -0.466 e. The molecule has 0 saturated heterocycles. The number of benzene rings is 1. The number of ether oxygens (including phenoxy) is 1. The van der Waals surface area contributed by atoms with Crippen LogP contribution in [0.15, 0.2) is 12.1 Å². The van der Waals surface area contributed by atoms with E-state index in [1.54, 1.807) is 13.0 Å². The Balaban J connectivity index is 3.03. The second-order valence-corrected chi connectivity index (χ2v) is 3.40. The maximum Gasteiger partial charge on any atom is 0.310 e. The zero-order chi connectivity index (χ0) is 12.8. The normalized spacial score (nSPS) is 9.76. The molecule has 0 bridgehead atoms. The third kappa shape index (κ3) is 3.26. The molecule has 0 aromatic heterocycles. The van der Waals surface area contributed by atoms with Crippen LogP contribution in [0.3, 0.4) is 0 Å². The van der Waals surface area contributed by atoms with Crippen molar-refractivity contribution in [1.29, 1.82) is 5.26 Å². The molecule has 0 aliphatic rings. The number of hydrogen-bond donors (Lipinski definition) is 1. The number of carbonyl (C=O) groups excluding carboxylic acids is 1. The van der Waals surface area contributed by atoms with E-state index in [-0.39, 0.29) is 25.1 Å². The van der Waals surface area contributed by atoms with E-state index in [2.05, 4.69) is 0 Å². The summed E-state index contributed by atoms with van der Waals surface area (Å²) >= 11 is 0. The predicted molar refractivity (Wildman–Crippen MR) is 59.3 cm³/mol. The van der Waals surface area contributed by atoms with Crippen LogP contribution >= 0.6 is 0 Å². The summed E-state index contributed by atoms with van der Waals surface area (Å²) in [4.78, 5) is 11.3. The molecule has 0 aliphatic carbocycles. The Labute approximate surface area is 98.8 Å². The van der Waals surface area contributed by atoms with Crippen molar-refractivity contribution in [1.82, 2.24) is 0 Å². The Morgan fingerprint density at radius 3 is 2.76 bits per heavy atom. The van der Waals surface area contributed by atoms with Gasteiger partial charge in [-0.3, -0.25) is 4.79 Å². The number of esters is 1. The van der Waals surface area contributed by atoms with Gasteiger partial charge in [-0.05, 0) is 30.2 Å². The average Bonchev–Trinajstić information content (AvgIpc) is 2.29. The van der Waals surface area contributed by atoms with Crippen molar-refractivity contribution in [2.45, 2.75) is 19.9 Å². The molecular formula is C12H13FN2O2. The SMILES string of the molecule is CCOC(=O)Cc1cc(F)c(C#N)cc1CN. The first-order valence-corrected chi connectivity index (χ1v) is 5.19. The van der Waals surface area contributed by atoms with Gasteiger partial charge in [-0.25, -0.2) is 4.39 Å². The van der Waals surface area contributed by atoms with Crippen molar-refractivity contribution in [3.8, 4) is 6.07 Å². The Hall–Kier alpha value is -1.93. The monoisotopic (exact) mass is 236 g/mol. The number of hydrogen-bond acceptors (Lipinski definition) is 4. The third-order valence-corrected chi connectivity index (χ3v) is 2.27. The molecule has 0 unspecified atom stereocenters. The highest BCUT2D eigenvalue weighted by molar-refractivity contribution is 5.73. The summed E-state index contributed by atoms with van der Waals surface area (Å²) in [7, 11) is 0. The Morgan fingerprint density at radius 2 is 2.24 bits per heavy atom. The molecule has 0 atom stereocenters. The summed E-state index contributed by atoms with van der Waals surface area (Å²) < 4.78 is 18.2. The number of rotatable bonds is 4. The second-order valence-electron chi connectivity index (χ2n) is 3.40. The molecule has 2 N–H and O–H groups in total. The molecule has 4 nitrogen and oxygen atoms in total. The first-order valence-electron chi connectivity index (χ1n) is 5.19. The fourth-order valence-corrected chi connectivity index (χ4v) is 1.47. The smallest absolute Gasteiger partial charge is 0.310 e. The van der Waals surface area contributed by atoms with Crippen molar-refractivity contribution in [3.05, 3.63) is 34.6 Å². The minimum absolute atomic E-state index is 0.0387. The highest BCUT2D eigenvalue weighted by Gasteiger charge is 2.12. The van der Waals surface area contributed by atoms with Gasteiger partial charge in [-0.1, -0.05) is 0 Å². The number of nitrogens with zero attached hydrogens (tertiary/aromatic N) is 1. The number of nitriles is 1. The van der Waals surface area contributed by atoms with E-state index in [4.69, 9.17) is 15.7 Å². The van der Waals surface area contributed by atoms with Gasteiger partial charge in [0.15, 0.2) is 0 Å². The zero-order valence-corrected chi connectivity index (χ0v) is 9.50. The molecule has 0 fully saturated rings. The molecule has 0 saturated carbocycles. The van der Waals surface area contributed by atoms with Crippen LogP contribution in [0.2, 0.25) is 0 Å². The molecular weight excluding hydrogens is 223 g/mol. The molecule has 90 valence electrons. The topological polar surface area (TPSA) is 76.1 Å². The van der Waals surface area contributed by atoms with Gasteiger partial charge in [0.25, 0.3) is 0 Å². The van der Waals surface area contributed by atoms with E-state index in [0.29, 0.717) is 11.1 Å². The summed E-state index contributed by atoms with van der Waals surface area (Å²) in [6.45, 7) is 2.11. The summed E-state index contributed by atoms with van der Waals surface area (Å²) in [5.41, 5.74) is 6.46. The molecule has 0 spiro atoms. The number of carbonyl (C=O) groups is 1. The van der Waals surface area contributed by atoms with E-state index >= 15 is 0 Å². The van der Waals surface area contributed by atoms with Gasteiger partial charge in [0.05, 0.1) is 18.6 Å². The summed E-state index contributed by atoms with van der Waals surface area (Å²) in [5.74, 6) is -1.09. The molecule has 0 heterocycles. The van der Waals surface area contributed by atoms with Crippen LogP contribution in [0.4, 0.5) is 4.39 Å². The minimum atomic E-state index is -0.649. The van der Waals surface area contributed by atoms with Gasteiger partial charge in [0.2, 0.25) is 0 Å². The van der Waals surface area contributed by atoms with Crippen molar-refractivity contribution >= 4 is 5.97 Å². The predicted octanol–water partition coefficient (Wildman–Crippen LogP) is 1.26. The molecule has 1 rings (SSSR count). The Kier molecular flexibility index (Phi) is 4.61. The molecule has 0 aliphatic heterocycles. The zero-order valence-electron chi connectivity index (χ0n) is 9.50. The molecule has 0 amide bonds. The standard InChI is InChI=1S/C12H13FN2O2/c1-2-17-12(16)5-8-4-11(13)10(7-15)3-9(8)6-14/h3-4H,2,5-6,14H2,1H3. The second kappa shape index (κ2) is 5.97. The summed E-state index contributed by atoms with van der Waals surface area (Å²) in [5, 5.41) is 8.67. The quantitative estimate of drug-likeness (QED) is 0.798. The van der Waals surface area contributed by atoms with Crippen molar-refractivity contribution < 1.29 is 13.9 Å². The van der Waals surface area contributed by atoms with Crippen molar-refractivity contribution in [2.24, 2.45) is 5.73 Å². The highest BCUT2D eigenvalue weighted by atomic mass is 19.1. The van der Waals surface area contributed by atoms with Gasteiger partial charge in [-0.15, -0.1) is 0 Å². The first kappa shape index (κ1) is 13.1. The van der Waals surface area contributed by atoms with Crippen molar-refractivity contribution in [2.75, 3.05) is 6.61 Å². The summed E-state index contributed by atoms with van der Waals surface area (Å²) in [6.07, 6.45) is -0.0387. The lowest BCUT2D eigenvalue weighted by molar-refractivity contribution is -0.142. The molecule has 17 heavy (non-hydrogen) atoms. The fraction of sp³-hybridized carbons (Fsp3) is 0.333. The van der Waals surface area contributed by atoms with Gasteiger partial charge >= 0.3 is 5.97 Å². The van der Waals surface area contributed by atoms with Crippen LogP contribution in [0.1, 0.15) is 23.6 Å². The molecule has 1 aromatic carbocycles.